The molecule has 0 aromatic rings. The molecule has 6 N–H and O–H groups in total. The number of aliphatic hydroxyl groups excluding tert-OH is 6. The molecule has 7 rings (SSSR count). The smallest absolute Gasteiger partial charge is 0.0640 e. The van der Waals surface area contributed by atoms with Crippen LogP contribution in [0.1, 0.15) is 193 Å². The van der Waals surface area contributed by atoms with Crippen LogP contribution in [0, 0.1) is 65.1 Å². The molecule has 0 saturated heterocycles. The summed E-state index contributed by atoms with van der Waals surface area (Å²) in [7, 11) is 0. The quantitative estimate of drug-likeness (QED) is 0.0857. The lowest BCUT2D eigenvalue weighted by atomic mass is 9.70. The summed E-state index contributed by atoms with van der Waals surface area (Å²) >= 11 is 0. The minimum atomic E-state index is -0.564. The molecule has 0 aliphatic heterocycles. The Balaban J connectivity index is 0.958. The normalized spacial score (nSPS) is 40.9. The first-order chi connectivity index (χ1) is 28.9. The second kappa shape index (κ2) is 23.4. The molecule has 340 valence electrons. The molecule has 0 aromatic carbocycles. The van der Waals surface area contributed by atoms with Gasteiger partial charge < -0.3 is 30.6 Å². The molecule has 59 heavy (non-hydrogen) atoms. The van der Waals surface area contributed by atoms with Gasteiger partial charge in [-0.25, -0.2) is 0 Å². The van der Waals surface area contributed by atoms with Gasteiger partial charge in [0, 0.05) is 68.2 Å². The fourth-order valence-electron chi connectivity index (χ4n) is 15.1. The molecule has 4 atom stereocenters. The maximum atomic E-state index is 10.6. The predicted molar refractivity (Wildman–Crippen MR) is 239 cm³/mol. The molecular formula is C52H91NO6. The van der Waals surface area contributed by atoms with E-state index in [-0.39, 0.29) is 50.1 Å². The zero-order valence-electron chi connectivity index (χ0n) is 37.5. The van der Waals surface area contributed by atoms with Gasteiger partial charge in [-0.05, 0) is 170 Å². The average Bonchev–Trinajstić information content (AvgIpc) is 3.29. The van der Waals surface area contributed by atoms with Gasteiger partial charge in [0.15, 0.2) is 0 Å². The zero-order chi connectivity index (χ0) is 41.1. The van der Waals surface area contributed by atoms with Gasteiger partial charge in [0.2, 0.25) is 0 Å². The topological polar surface area (TPSA) is 125 Å². The van der Waals surface area contributed by atoms with Gasteiger partial charge in [-0.1, -0.05) is 75.9 Å². The summed E-state index contributed by atoms with van der Waals surface area (Å²) in [4.78, 5) is 3.16. The van der Waals surface area contributed by atoms with E-state index in [4.69, 9.17) is 0 Å². The summed E-state index contributed by atoms with van der Waals surface area (Å²) in [6.07, 6.45) is 40.9. The fraction of sp³-hybridized carbons (Fsp3) is 0.962. The van der Waals surface area contributed by atoms with E-state index in [9.17, 15) is 30.6 Å². The highest BCUT2D eigenvalue weighted by atomic mass is 16.3. The first kappa shape index (κ1) is 46.5. The number of aliphatic hydroxyl groups is 6. The van der Waals surface area contributed by atoms with E-state index in [0.29, 0.717) is 23.9 Å². The molecule has 0 bridgehead atoms. The molecule has 7 heteroatoms. The second-order valence-electron chi connectivity index (χ2n) is 22.3. The first-order valence-corrected chi connectivity index (χ1v) is 26.2. The van der Waals surface area contributed by atoms with Crippen LogP contribution in [0.3, 0.4) is 0 Å². The van der Waals surface area contributed by atoms with E-state index in [2.05, 4.69) is 11.0 Å². The van der Waals surface area contributed by atoms with Gasteiger partial charge in [-0.2, -0.15) is 0 Å². The summed E-state index contributed by atoms with van der Waals surface area (Å²) in [5.41, 5.74) is 1.92. The van der Waals surface area contributed by atoms with Crippen LogP contribution in [0.5, 0.6) is 0 Å². The Kier molecular flexibility index (Phi) is 18.4. The van der Waals surface area contributed by atoms with Crippen molar-refractivity contribution < 1.29 is 30.6 Å². The van der Waals surface area contributed by atoms with Crippen LogP contribution in [0.2, 0.25) is 0 Å². The summed E-state index contributed by atoms with van der Waals surface area (Å²) in [6.45, 7) is 0.107. The van der Waals surface area contributed by atoms with E-state index in [0.717, 1.165) is 61.3 Å². The minimum Gasteiger partial charge on any atom is -0.396 e. The molecule has 7 nitrogen and oxygen atoms in total. The van der Waals surface area contributed by atoms with Crippen molar-refractivity contribution in [2.45, 2.75) is 223 Å². The third-order valence-corrected chi connectivity index (χ3v) is 18.6. The standard InChI is InChI=1S/C52H91NO6/c54-32-43-27-39(28-44(33-55)51(43)58)13-11-36-15-21-47(22-16-36)53(48-23-17-37(18-24-48)12-14-40-29-45(34-56)52(59)46(30-40)35-57)49-25-19-38(20-26-49)31-50(41-7-3-1-4-8-41)42-9-5-2-6-10-42/h31,36-49,51-52,54-59H,1-30,32-35H2. The molecule has 0 aromatic heterocycles. The van der Waals surface area contributed by atoms with Gasteiger partial charge in [0.05, 0.1) is 12.2 Å². The lowest BCUT2D eigenvalue weighted by Gasteiger charge is -2.50. The number of nitrogens with zero attached hydrogens (tertiary/aromatic N) is 1. The van der Waals surface area contributed by atoms with E-state index in [1.807, 2.05) is 5.57 Å². The molecule has 7 saturated carbocycles. The van der Waals surface area contributed by atoms with Gasteiger partial charge in [-0.3, -0.25) is 4.90 Å². The number of hydrogen-bond acceptors (Lipinski definition) is 7. The lowest BCUT2D eigenvalue weighted by molar-refractivity contribution is -0.0465. The second-order valence-corrected chi connectivity index (χ2v) is 22.3. The molecule has 0 heterocycles. The van der Waals surface area contributed by atoms with Gasteiger partial charge in [0.25, 0.3) is 0 Å². The van der Waals surface area contributed by atoms with E-state index in [1.54, 1.807) is 0 Å². The van der Waals surface area contributed by atoms with Crippen molar-refractivity contribution in [3.8, 4) is 0 Å². The predicted octanol–water partition coefficient (Wildman–Crippen LogP) is 9.59. The highest BCUT2D eigenvalue weighted by Crippen LogP contribution is 2.46. The Hall–Kier alpha value is -0.540. The highest BCUT2D eigenvalue weighted by molar-refractivity contribution is 5.15. The van der Waals surface area contributed by atoms with Crippen LogP contribution in [-0.4, -0.2) is 92.3 Å². The molecule has 7 aliphatic rings. The minimum absolute atomic E-state index is 0.0268. The number of rotatable bonds is 16. The van der Waals surface area contributed by atoms with Crippen molar-refractivity contribution in [3.05, 3.63) is 11.6 Å². The largest absolute Gasteiger partial charge is 0.396 e. The molecule has 7 aliphatic carbocycles. The Morgan fingerprint density at radius 3 is 1.05 bits per heavy atom. The third kappa shape index (κ3) is 12.4. The maximum Gasteiger partial charge on any atom is 0.0640 e. The Labute approximate surface area is 360 Å². The fourth-order valence-corrected chi connectivity index (χ4v) is 15.1. The van der Waals surface area contributed by atoms with Crippen molar-refractivity contribution in [3.63, 3.8) is 0 Å². The average molecular weight is 826 g/mol. The Morgan fingerprint density at radius 2 is 0.712 bits per heavy atom. The zero-order valence-corrected chi connectivity index (χ0v) is 37.5. The molecule has 0 radical (unpaired) electrons. The van der Waals surface area contributed by atoms with E-state index >= 15 is 0 Å². The van der Waals surface area contributed by atoms with Crippen molar-refractivity contribution in [2.24, 2.45) is 65.1 Å². The van der Waals surface area contributed by atoms with Gasteiger partial charge in [0.1, 0.15) is 0 Å². The molecule has 0 amide bonds. The maximum absolute atomic E-state index is 10.6. The summed E-state index contributed by atoms with van der Waals surface area (Å²) in [6, 6.07) is 2.16. The summed E-state index contributed by atoms with van der Waals surface area (Å²) in [5, 5.41) is 60.9. The lowest BCUT2D eigenvalue weighted by Crippen LogP contribution is -2.52. The van der Waals surface area contributed by atoms with Crippen LogP contribution in [0.15, 0.2) is 11.6 Å². The van der Waals surface area contributed by atoms with Crippen LogP contribution in [0.25, 0.3) is 0 Å². The van der Waals surface area contributed by atoms with Crippen LogP contribution in [0.4, 0.5) is 0 Å². The van der Waals surface area contributed by atoms with Crippen LogP contribution < -0.4 is 0 Å². The van der Waals surface area contributed by atoms with E-state index in [1.165, 1.54) is 167 Å². The SMILES string of the molecule is OCC1CC(CCC2CCC(N(C3CCC(C=C(C4CCCCC4)C4CCCCC4)CC3)C3CCC(CCC4CC(CO)C(O)C(CO)C4)CC3)CC2)CC(CO)C1O. The Morgan fingerprint density at radius 1 is 0.390 bits per heavy atom. The molecule has 7 fully saturated rings. The summed E-state index contributed by atoms with van der Waals surface area (Å²) < 4.78 is 0. The Bertz CT molecular complexity index is 1100. The third-order valence-electron chi connectivity index (χ3n) is 18.6. The molecule has 0 spiro atoms. The van der Waals surface area contributed by atoms with Crippen molar-refractivity contribution in [1.29, 1.82) is 0 Å². The van der Waals surface area contributed by atoms with Gasteiger partial charge >= 0.3 is 0 Å². The first-order valence-electron chi connectivity index (χ1n) is 26.2. The van der Waals surface area contributed by atoms with Crippen molar-refractivity contribution >= 4 is 0 Å². The van der Waals surface area contributed by atoms with Crippen LogP contribution >= 0.6 is 0 Å². The van der Waals surface area contributed by atoms with Crippen LogP contribution in [-0.2, 0) is 0 Å². The van der Waals surface area contributed by atoms with Crippen molar-refractivity contribution in [1.82, 2.24) is 4.90 Å². The monoisotopic (exact) mass is 826 g/mol. The highest BCUT2D eigenvalue weighted by Gasteiger charge is 2.41. The molecular weight excluding hydrogens is 735 g/mol. The number of hydrogen-bond donors (Lipinski definition) is 6. The van der Waals surface area contributed by atoms with Gasteiger partial charge in [-0.15, -0.1) is 0 Å². The van der Waals surface area contributed by atoms with E-state index < -0.39 is 12.2 Å². The molecule has 4 unspecified atom stereocenters. The summed E-state index contributed by atoms with van der Waals surface area (Å²) in [5.74, 6) is 4.79. The number of allylic oxidation sites excluding steroid dienone is 2. The van der Waals surface area contributed by atoms with Crippen molar-refractivity contribution in [2.75, 3.05) is 26.4 Å².